The summed E-state index contributed by atoms with van der Waals surface area (Å²) in [5.74, 6) is 0.0916. The molecule has 1 N–H and O–H groups in total. The van der Waals surface area contributed by atoms with Gasteiger partial charge in [-0.1, -0.05) is 33.8 Å². The number of likely N-dealkylation sites (N-methyl/N-ethyl adjacent to an activating group) is 1. The Kier molecular flexibility index (Phi) is 10.2. The van der Waals surface area contributed by atoms with Gasteiger partial charge in [0.2, 0.25) is 5.91 Å². The van der Waals surface area contributed by atoms with Gasteiger partial charge in [-0.15, -0.1) is 12.6 Å². The monoisotopic (exact) mass is 329 g/mol. The van der Waals surface area contributed by atoms with Crippen molar-refractivity contribution in [3.8, 4) is 0 Å². The van der Waals surface area contributed by atoms with Crippen LogP contribution in [-0.4, -0.2) is 60.9 Å². The molecule has 5 nitrogen and oxygen atoms in total. The highest BCUT2D eigenvalue weighted by Crippen LogP contribution is 2.16. The molecule has 1 heterocycles. The van der Waals surface area contributed by atoms with E-state index in [1.54, 1.807) is 11.0 Å². The third-order valence-electron chi connectivity index (χ3n) is 3.41. The minimum Gasteiger partial charge on any atom is -0.339 e. The van der Waals surface area contributed by atoms with E-state index in [1.807, 2.05) is 46.6 Å². The highest BCUT2D eigenvalue weighted by molar-refractivity contribution is 7.85. The van der Waals surface area contributed by atoms with Crippen LogP contribution >= 0.6 is 12.6 Å². The second kappa shape index (κ2) is 10.7. The topological polar surface area (TPSA) is 52.7 Å². The van der Waals surface area contributed by atoms with Gasteiger partial charge in [0.05, 0.1) is 4.91 Å². The van der Waals surface area contributed by atoms with Crippen LogP contribution in [0.1, 0.15) is 34.6 Å². The number of rotatable bonds is 4. The largest absolute Gasteiger partial charge is 0.339 e. The van der Waals surface area contributed by atoms with Gasteiger partial charge >= 0.3 is 0 Å². The second-order valence-electron chi connectivity index (χ2n) is 5.43. The molecule has 1 aliphatic heterocycles. The molecule has 0 saturated carbocycles. The van der Waals surface area contributed by atoms with E-state index in [9.17, 15) is 9.59 Å². The Labute approximate surface area is 140 Å². The summed E-state index contributed by atoms with van der Waals surface area (Å²) in [4.78, 5) is 28.3. The molecule has 0 aliphatic carbocycles. The van der Waals surface area contributed by atoms with Crippen molar-refractivity contribution in [2.45, 2.75) is 40.7 Å². The molecule has 0 spiro atoms. The highest BCUT2D eigenvalue weighted by Gasteiger charge is 2.30. The SMILES string of the molecule is CC.CNC/C=C(\S)C(=O)N1CCN(C(=O)C(C)C)CC1C. The first-order valence-corrected chi connectivity index (χ1v) is 8.46. The van der Waals surface area contributed by atoms with Crippen molar-refractivity contribution >= 4 is 24.4 Å². The standard InChI is InChI=1S/C14H25N3O2S.C2H6/c1-10(2)13(18)16-7-8-17(11(3)9-16)14(19)12(20)5-6-15-4;1-2/h5,10-11,15,20H,6-9H2,1-4H3;1-2H3/b12-5-;. The first kappa shape index (κ1) is 21.0. The summed E-state index contributed by atoms with van der Waals surface area (Å²) in [5.41, 5.74) is 0. The van der Waals surface area contributed by atoms with Gasteiger partial charge in [0.1, 0.15) is 0 Å². The fourth-order valence-electron chi connectivity index (χ4n) is 2.26. The van der Waals surface area contributed by atoms with E-state index >= 15 is 0 Å². The van der Waals surface area contributed by atoms with Crippen molar-refractivity contribution in [1.29, 1.82) is 0 Å². The van der Waals surface area contributed by atoms with E-state index in [2.05, 4.69) is 17.9 Å². The Morgan fingerprint density at radius 1 is 1.32 bits per heavy atom. The van der Waals surface area contributed by atoms with Crippen LogP contribution in [0.2, 0.25) is 0 Å². The molecule has 0 aromatic rings. The summed E-state index contributed by atoms with van der Waals surface area (Å²) in [6.45, 7) is 12.1. The molecule has 2 amide bonds. The minimum atomic E-state index is -0.0623. The highest BCUT2D eigenvalue weighted by atomic mass is 32.1. The van der Waals surface area contributed by atoms with Crippen LogP contribution in [0.3, 0.4) is 0 Å². The van der Waals surface area contributed by atoms with Crippen LogP contribution in [0.15, 0.2) is 11.0 Å². The normalized spacial score (nSPS) is 18.9. The fourth-order valence-corrected chi connectivity index (χ4v) is 2.48. The summed E-state index contributed by atoms with van der Waals surface area (Å²) >= 11 is 4.25. The van der Waals surface area contributed by atoms with Crippen LogP contribution in [0.25, 0.3) is 0 Å². The van der Waals surface area contributed by atoms with Crippen molar-refractivity contribution in [1.82, 2.24) is 15.1 Å². The molecule has 1 unspecified atom stereocenters. The zero-order valence-electron chi connectivity index (χ0n) is 14.7. The van der Waals surface area contributed by atoms with Crippen molar-refractivity contribution in [2.75, 3.05) is 33.2 Å². The Balaban J connectivity index is 0.00000211. The molecule has 1 fully saturated rings. The molecule has 0 radical (unpaired) electrons. The lowest BCUT2D eigenvalue weighted by Gasteiger charge is -2.40. The van der Waals surface area contributed by atoms with Crippen molar-refractivity contribution in [3.05, 3.63) is 11.0 Å². The summed E-state index contributed by atoms with van der Waals surface area (Å²) in [5, 5.41) is 2.95. The number of thiol groups is 1. The third-order valence-corrected chi connectivity index (χ3v) is 3.79. The Morgan fingerprint density at radius 2 is 1.91 bits per heavy atom. The molecular weight excluding hydrogens is 298 g/mol. The number of amides is 2. The maximum Gasteiger partial charge on any atom is 0.260 e. The number of nitrogens with zero attached hydrogens (tertiary/aromatic N) is 2. The molecular formula is C16H31N3O2S. The fraction of sp³-hybridized carbons (Fsp3) is 0.750. The van der Waals surface area contributed by atoms with E-state index < -0.39 is 0 Å². The molecule has 22 heavy (non-hydrogen) atoms. The zero-order chi connectivity index (χ0) is 17.3. The molecule has 1 saturated heterocycles. The molecule has 1 aliphatic rings. The maximum absolute atomic E-state index is 12.3. The summed E-state index contributed by atoms with van der Waals surface area (Å²) in [6.07, 6.45) is 1.77. The average molecular weight is 330 g/mol. The van der Waals surface area contributed by atoms with Crippen molar-refractivity contribution in [3.63, 3.8) is 0 Å². The lowest BCUT2D eigenvalue weighted by atomic mass is 10.1. The number of carbonyl (C=O) groups is 2. The number of carbonyl (C=O) groups excluding carboxylic acids is 2. The van der Waals surface area contributed by atoms with E-state index in [0.29, 0.717) is 31.1 Å². The Bertz CT molecular complexity index is 397. The predicted molar refractivity (Wildman–Crippen MR) is 94.9 cm³/mol. The average Bonchev–Trinajstić information content (AvgIpc) is 2.52. The number of piperazine rings is 1. The Hall–Kier alpha value is -1.01. The van der Waals surface area contributed by atoms with Crippen molar-refractivity contribution in [2.24, 2.45) is 5.92 Å². The molecule has 0 aromatic carbocycles. The van der Waals surface area contributed by atoms with Gasteiger partial charge < -0.3 is 15.1 Å². The van der Waals surface area contributed by atoms with Crippen LogP contribution in [0, 0.1) is 5.92 Å². The van der Waals surface area contributed by atoms with Gasteiger partial charge in [-0.05, 0) is 14.0 Å². The lowest BCUT2D eigenvalue weighted by Crippen LogP contribution is -2.56. The zero-order valence-corrected chi connectivity index (χ0v) is 15.6. The van der Waals surface area contributed by atoms with E-state index in [0.717, 1.165) is 0 Å². The first-order chi connectivity index (χ1) is 10.4. The minimum absolute atomic E-state index is 0.000385. The van der Waals surface area contributed by atoms with Gasteiger partial charge in [-0.25, -0.2) is 0 Å². The smallest absolute Gasteiger partial charge is 0.260 e. The van der Waals surface area contributed by atoms with E-state index in [4.69, 9.17) is 0 Å². The lowest BCUT2D eigenvalue weighted by molar-refractivity contribution is -0.142. The van der Waals surface area contributed by atoms with Gasteiger partial charge in [0.25, 0.3) is 5.91 Å². The van der Waals surface area contributed by atoms with Gasteiger partial charge in [-0.3, -0.25) is 9.59 Å². The van der Waals surface area contributed by atoms with Gasteiger partial charge in [0, 0.05) is 38.1 Å². The molecule has 0 bridgehead atoms. The Morgan fingerprint density at radius 3 is 2.36 bits per heavy atom. The molecule has 6 heteroatoms. The number of hydrogen-bond donors (Lipinski definition) is 2. The van der Waals surface area contributed by atoms with E-state index in [-0.39, 0.29) is 23.8 Å². The van der Waals surface area contributed by atoms with Crippen LogP contribution in [0.4, 0.5) is 0 Å². The number of hydrogen-bond acceptors (Lipinski definition) is 4. The quantitative estimate of drug-likeness (QED) is 0.610. The predicted octanol–water partition coefficient (Wildman–Crippen LogP) is 1.76. The van der Waals surface area contributed by atoms with Gasteiger partial charge in [0.15, 0.2) is 0 Å². The molecule has 0 aromatic heterocycles. The molecule has 128 valence electrons. The summed E-state index contributed by atoms with van der Waals surface area (Å²) < 4.78 is 0. The first-order valence-electron chi connectivity index (χ1n) is 8.02. The molecule has 1 atom stereocenters. The van der Waals surface area contributed by atoms with E-state index in [1.165, 1.54) is 0 Å². The summed E-state index contributed by atoms with van der Waals surface area (Å²) in [7, 11) is 1.82. The third kappa shape index (κ3) is 6.01. The van der Waals surface area contributed by atoms with Crippen LogP contribution < -0.4 is 5.32 Å². The van der Waals surface area contributed by atoms with Gasteiger partial charge in [-0.2, -0.15) is 0 Å². The molecule has 1 rings (SSSR count). The summed E-state index contributed by atoms with van der Waals surface area (Å²) in [6, 6.07) is 0.0177. The van der Waals surface area contributed by atoms with Crippen LogP contribution in [0.5, 0.6) is 0 Å². The second-order valence-corrected chi connectivity index (χ2v) is 5.92. The number of nitrogens with one attached hydrogen (secondary N) is 1. The van der Waals surface area contributed by atoms with Crippen molar-refractivity contribution < 1.29 is 9.59 Å². The van der Waals surface area contributed by atoms with Crippen LogP contribution in [-0.2, 0) is 9.59 Å². The maximum atomic E-state index is 12.3.